The van der Waals surface area contributed by atoms with E-state index in [1.165, 1.54) is 6.07 Å². The van der Waals surface area contributed by atoms with Gasteiger partial charge in [-0.2, -0.15) is 0 Å². The fourth-order valence-electron chi connectivity index (χ4n) is 1.69. The number of pyridine rings is 1. The number of aromatic nitrogens is 1. The van der Waals surface area contributed by atoms with Crippen molar-refractivity contribution in [1.29, 1.82) is 0 Å². The predicted molar refractivity (Wildman–Crippen MR) is 81.3 cm³/mol. The molecule has 8 heteroatoms. The van der Waals surface area contributed by atoms with Gasteiger partial charge in [0.05, 0.1) is 28.6 Å². The quantitative estimate of drug-likeness (QED) is 0.701. The lowest BCUT2D eigenvalue weighted by atomic mass is 10.1. The summed E-state index contributed by atoms with van der Waals surface area (Å²) in [5.74, 6) is -1.34. The van der Waals surface area contributed by atoms with E-state index >= 15 is 0 Å². The Kier molecular flexibility index (Phi) is 5.00. The standard InChI is InChI=1S/C13H11Br2NO5/c1-3-19-12(17)7-5-6-8(14)10(15)21-11(6)16-9(7)13(18)20-4-2/h5H,3-4H2,1-2H3. The molecule has 0 bridgehead atoms. The zero-order chi connectivity index (χ0) is 15.6. The van der Waals surface area contributed by atoms with Gasteiger partial charge in [-0.15, -0.1) is 0 Å². The molecule has 2 heterocycles. The number of hydrogen-bond donors (Lipinski definition) is 0. The van der Waals surface area contributed by atoms with Crippen LogP contribution in [-0.2, 0) is 9.47 Å². The molecule has 0 N–H and O–H groups in total. The van der Waals surface area contributed by atoms with Crippen LogP contribution in [0.2, 0.25) is 0 Å². The van der Waals surface area contributed by atoms with Crippen LogP contribution in [0.1, 0.15) is 34.7 Å². The van der Waals surface area contributed by atoms with Gasteiger partial charge in [0.1, 0.15) is 0 Å². The number of carbonyl (C=O) groups excluding carboxylic acids is 2. The highest BCUT2D eigenvalue weighted by Gasteiger charge is 2.25. The third-order valence-corrected chi connectivity index (χ3v) is 4.42. The molecule has 0 unspecified atom stereocenters. The second-order valence-corrected chi connectivity index (χ2v) is 5.38. The van der Waals surface area contributed by atoms with Crippen molar-refractivity contribution in [3.05, 3.63) is 26.5 Å². The van der Waals surface area contributed by atoms with E-state index in [2.05, 4.69) is 36.8 Å². The Balaban J connectivity index is 2.65. The molecule has 0 saturated carbocycles. The first-order chi connectivity index (χ1) is 9.99. The molecule has 6 nitrogen and oxygen atoms in total. The molecule has 0 radical (unpaired) electrons. The van der Waals surface area contributed by atoms with Crippen LogP contribution in [0, 0.1) is 0 Å². The van der Waals surface area contributed by atoms with Gasteiger partial charge in [0.25, 0.3) is 0 Å². The normalized spacial score (nSPS) is 10.7. The van der Waals surface area contributed by atoms with Crippen molar-refractivity contribution in [1.82, 2.24) is 4.98 Å². The van der Waals surface area contributed by atoms with E-state index in [9.17, 15) is 9.59 Å². The van der Waals surface area contributed by atoms with E-state index in [-0.39, 0.29) is 30.2 Å². The highest BCUT2D eigenvalue weighted by Crippen LogP contribution is 2.34. The van der Waals surface area contributed by atoms with Crippen molar-refractivity contribution < 1.29 is 23.5 Å². The Hall–Kier alpha value is -1.41. The maximum Gasteiger partial charge on any atom is 0.357 e. The molecule has 0 aliphatic carbocycles. The van der Waals surface area contributed by atoms with Crippen molar-refractivity contribution >= 4 is 54.9 Å². The highest BCUT2D eigenvalue weighted by atomic mass is 79.9. The second-order valence-electron chi connectivity index (χ2n) is 3.87. The van der Waals surface area contributed by atoms with Crippen LogP contribution in [0.3, 0.4) is 0 Å². The Morgan fingerprint density at radius 2 is 1.81 bits per heavy atom. The number of ether oxygens (including phenoxy) is 2. The Bertz CT molecular complexity index is 710. The number of halogens is 2. The van der Waals surface area contributed by atoms with Crippen LogP contribution >= 0.6 is 31.9 Å². The Labute approximate surface area is 137 Å². The summed E-state index contributed by atoms with van der Waals surface area (Å²) in [6, 6.07) is 1.49. The Morgan fingerprint density at radius 3 is 2.43 bits per heavy atom. The maximum atomic E-state index is 12.0. The number of fused-ring (bicyclic) bond motifs is 1. The molecule has 0 aliphatic rings. The van der Waals surface area contributed by atoms with Gasteiger partial charge >= 0.3 is 11.9 Å². The lowest BCUT2D eigenvalue weighted by Crippen LogP contribution is -2.16. The highest BCUT2D eigenvalue weighted by molar-refractivity contribution is 9.13. The summed E-state index contributed by atoms with van der Waals surface area (Å²) in [6.07, 6.45) is 0. The van der Waals surface area contributed by atoms with Crippen LogP contribution in [0.25, 0.3) is 11.1 Å². The average Bonchev–Trinajstić information content (AvgIpc) is 2.73. The molecule has 112 valence electrons. The number of esters is 2. The van der Waals surface area contributed by atoms with Gasteiger partial charge in [0, 0.05) is 0 Å². The maximum absolute atomic E-state index is 12.0. The minimum atomic E-state index is -0.703. The molecule has 0 saturated heterocycles. The summed E-state index contributed by atoms with van der Waals surface area (Å²) in [4.78, 5) is 28.0. The van der Waals surface area contributed by atoms with Gasteiger partial charge in [-0.05, 0) is 51.8 Å². The van der Waals surface area contributed by atoms with Gasteiger partial charge in [-0.25, -0.2) is 14.6 Å². The first kappa shape index (κ1) is 16.0. The lowest BCUT2D eigenvalue weighted by Gasteiger charge is -2.07. The first-order valence-corrected chi connectivity index (χ1v) is 7.70. The Morgan fingerprint density at radius 1 is 1.19 bits per heavy atom. The third kappa shape index (κ3) is 3.11. The molecule has 0 atom stereocenters. The van der Waals surface area contributed by atoms with Gasteiger partial charge < -0.3 is 13.9 Å². The largest absolute Gasteiger partial charge is 0.462 e. The molecular formula is C13H11Br2NO5. The summed E-state index contributed by atoms with van der Waals surface area (Å²) in [5.41, 5.74) is 0.123. The minimum absolute atomic E-state index is 0.0387. The van der Waals surface area contributed by atoms with Crippen LogP contribution in [0.4, 0.5) is 0 Å². The number of furan rings is 1. The topological polar surface area (TPSA) is 78.6 Å². The average molecular weight is 421 g/mol. The fraction of sp³-hybridized carbons (Fsp3) is 0.308. The number of carbonyl (C=O) groups is 2. The van der Waals surface area contributed by atoms with Crippen LogP contribution < -0.4 is 0 Å². The molecular weight excluding hydrogens is 410 g/mol. The van der Waals surface area contributed by atoms with E-state index in [1.54, 1.807) is 13.8 Å². The van der Waals surface area contributed by atoms with E-state index < -0.39 is 11.9 Å². The van der Waals surface area contributed by atoms with Gasteiger partial charge in [0.2, 0.25) is 5.71 Å². The minimum Gasteiger partial charge on any atom is -0.462 e. The predicted octanol–water partition coefficient (Wildman–Crippen LogP) is 3.71. The number of hydrogen-bond acceptors (Lipinski definition) is 6. The van der Waals surface area contributed by atoms with E-state index in [0.717, 1.165) is 0 Å². The zero-order valence-corrected chi connectivity index (χ0v) is 14.4. The smallest absolute Gasteiger partial charge is 0.357 e. The molecule has 2 aromatic heterocycles. The summed E-state index contributed by atoms with van der Waals surface area (Å²) in [5, 5.41) is 0.554. The SMILES string of the molecule is CCOC(=O)c1cc2c(Br)c(Br)oc2nc1C(=O)OCC. The second kappa shape index (κ2) is 6.57. The summed E-state index contributed by atoms with van der Waals surface area (Å²) in [6.45, 7) is 3.71. The summed E-state index contributed by atoms with van der Waals surface area (Å²) >= 11 is 6.52. The van der Waals surface area contributed by atoms with Crippen molar-refractivity contribution in [3.63, 3.8) is 0 Å². The van der Waals surface area contributed by atoms with E-state index in [4.69, 9.17) is 13.9 Å². The molecule has 2 rings (SSSR count). The lowest BCUT2D eigenvalue weighted by molar-refractivity contribution is 0.0473. The van der Waals surface area contributed by atoms with Crippen molar-refractivity contribution in [2.75, 3.05) is 13.2 Å². The molecule has 0 fully saturated rings. The van der Waals surface area contributed by atoms with Crippen LogP contribution in [0.5, 0.6) is 0 Å². The van der Waals surface area contributed by atoms with Gasteiger partial charge in [-0.3, -0.25) is 0 Å². The molecule has 2 aromatic rings. The fourth-order valence-corrected chi connectivity index (χ4v) is 2.42. The first-order valence-electron chi connectivity index (χ1n) is 6.12. The zero-order valence-electron chi connectivity index (χ0n) is 11.2. The van der Waals surface area contributed by atoms with Gasteiger partial charge in [0.15, 0.2) is 10.4 Å². The summed E-state index contributed by atoms with van der Waals surface area (Å²) < 4.78 is 16.2. The molecule has 0 spiro atoms. The van der Waals surface area contributed by atoms with Crippen molar-refractivity contribution in [2.45, 2.75) is 13.8 Å². The molecule has 0 aliphatic heterocycles. The monoisotopic (exact) mass is 419 g/mol. The summed E-state index contributed by atoms with van der Waals surface area (Å²) in [7, 11) is 0. The molecule has 0 amide bonds. The van der Waals surface area contributed by atoms with Crippen molar-refractivity contribution in [2.24, 2.45) is 0 Å². The van der Waals surface area contributed by atoms with Crippen LogP contribution in [-0.4, -0.2) is 30.1 Å². The number of nitrogens with zero attached hydrogens (tertiary/aromatic N) is 1. The molecule has 21 heavy (non-hydrogen) atoms. The van der Waals surface area contributed by atoms with E-state index in [0.29, 0.717) is 14.5 Å². The third-order valence-electron chi connectivity index (χ3n) is 2.55. The number of rotatable bonds is 4. The van der Waals surface area contributed by atoms with Crippen LogP contribution in [0.15, 0.2) is 19.6 Å². The molecule has 0 aromatic carbocycles. The van der Waals surface area contributed by atoms with Crippen molar-refractivity contribution in [3.8, 4) is 0 Å². The van der Waals surface area contributed by atoms with Gasteiger partial charge in [-0.1, -0.05) is 0 Å². The van der Waals surface area contributed by atoms with E-state index in [1.807, 2.05) is 0 Å².